The lowest BCUT2D eigenvalue weighted by atomic mass is 10.1. The molecule has 1 aromatic carbocycles. The van der Waals surface area contributed by atoms with Gasteiger partial charge in [0, 0.05) is 16.8 Å². The van der Waals surface area contributed by atoms with Gasteiger partial charge in [-0.3, -0.25) is 0 Å². The third-order valence-electron chi connectivity index (χ3n) is 3.58. The van der Waals surface area contributed by atoms with Gasteiger partial charge in [0.15, 0.2) is 0 Å². The lowest BCUT2D eigenvalue weighted by molar-refractivity contribution is 0.668. The zero-order chi connectivity index (χ0) is 15.8. The van der Waals surface area contributed by atoms with Crippen LogP contribution in [0.1, 0.15) is 5.69 Å². The normalized spacial score (nSPS) is 11.2. The molecule has 23 heavy (non-hydrogen) atoms. The van der Waals surface area contributed by atoms with Crippen molar-refractivity contribution in [3.8, 4) is 11.3 Å². The molecule has 0 N–H and O–H groups in total. The van der Waals surface area contributed by atoms with Crippen LogP contribution in [0.15, 0.2) is 55.2 Å². The van der Waals surface area contributed by atoms with Gasteiger partial charge in [0.2, 0.25) is 0 Å². The smallest absolute Gasteiger partial charge is 0.137 e. The molecule has 0 bridgehead atoms. The number of rotatable bonds is 3. The number of hydrogen-bond donors (Lipinski definition) is 0. The summed E-state index contributed by atoms with van der Waals surface area (Å²) in [6, 6.07) is 11.3. The van der Waals surface area contributed by atoms with Crippen LogP contribution >= 0.6 is 23.2 Å². The van der Waals surface area contributed by atoms with Crippen LogP contribution in [0.4, 0.5) is 0 Å². The molecule has 0 aliphatic heterocycles. The van der Waals surface area contributed by atoms with Gasteiger partial charge in [0.1, 0.15) is 18.3 Å². The van der Waals surface area contributed by atoms with E-state index in [1.54, 1.807) is 11.0 Å². The maximum atomic E-state index is 6.15. The summed E-state index contributed by atoms with van der Waals surface area (Å²) < 4.78 is 3.73. The second kappa shape index (κ2) is 5.68. The molecule has 4 rings (SSSR count). The maximum absolute atomic E-state index is 6.15. The van der Waals surface area contributed by atoms with Gasteiger partial charge in [0.25, 0.3) is 0 Å². The highest BCUT2D eigenvalue weighted by Gasteiger charge is 2.15. The molecule has 3 heterocycles. The zero-order valence-corrected chi connectivity index (χ0v) is 13.4. The fourth-order valence-corrected chi connectivity index (χ4v) is 2.81. The summed E-state index contributed by atoms with van der Waals surface area (Å²) in [7, 11) is 0. The van der Waals surface area contributed by atoms with Crippen LogP contribution in [-0.4, -0.2) is 24.1 Å². The molecule has 0 fully saturated rings. The van der Waals surface area contributed by atoms with Crippen molar-refractivity contribution in [3.63, 3.8) is 0 Å². The van der Waals surface area contributed by atoms with E-state index in [0.29, 0.717) is 16.6 Å². The summed E-state index contributed by atoms with van der Waals surface area (Å²) in [6.45, 7) is 0.541. The fraction of sp³-hybridized carbons (Fsp3) is 0.0625. The van der Waals surface area contributed by atoms with Crippen molar-refractivity contribution in [1.82, 2.24) is 24.1 Å². The van der Waals surface area contributed by atoms with Crippen molar-refractivity contribution in [2.45, 2.75) is 6.54 Å². The van der Waals surface area contributed by atoms with E-state index in [1.807, 2.05) is 47.0 Å². The Hall–Kier alpha value is -2.37. The first-order chi connectivity index (χ1) is 11.2. The molecular weight excluding hydrogens is 333 g/mol. The molecule has 0 aliphatic carbocycles. The minimum absolute atomic E-state index is 0.541. The number of pyridine rings is 1. The average molecular weight is 344 g/mol. The van der Waals surface area contributed by atoms with E-state index in [-0.39, 0.29) is 0 Å². The van der Waals surface area contributed by atoms with Crippen molar-refractivity contribution in [1.29, 1.82) is 0 Å². The topological polar surface area (TPSA) is 48.0 Å². The van der Waals surface area contributed by atoms with Crippen LogP contribution in [0, 0.1) is 0 Å². The number of benzene rings is 1. The lowest BCUT2D eigenvalue weighted by Crippen LogP contribution is -2.04. The van der Waals surface area contributed by atoms with E-state index in [2.05, 4.69) is 10.1 Å². The van der Waals surface area contributed by atoms with Crippen LogP contribution in [0.2, 0.25) is 10.0 Å². The summed E-state index contributed by atoms with van der Waals surface area (Å²) >= 11 is 12.1. The van der Waals surface area contributed by atoms with Gasteiger partial charge in [-0.15, -0.1) is 0 Å². The Kier molecular flexibility index (Phi) is 3.52. The van der Waals surface area contributed by atoms with E-state index in [1.165, 1.54) is 6.33 Å². The SMILES string of the molecule is Clc1ccc(-c2nc3ccc(Cl)cn3c2Cn2cncn2)cc1. The first-order valence-electron chi connectivity index (χ1n) is 6.95. The number of hydrogen-bond acceptors (Lipinski definition) is 3. The second-order valence-corrected chi connectivity index (χ2v) is 5.96. The molecule has 0 saturated heterocycles. The van der Waals surface area contributed by atoms with E-state index in [0.717, 1.165) is 22.6 Å². The Morgan fingerprint density at radius 2 is 1.74 bits per heavy atom. The van der Waals surface area contributed by atoms with Crippen molar-refractivity contribution in [2.75, 3.05) is 0 Å². The van der Waals surface area contributed by atoms with Gasteiger partial charge in [-0.1, -0.05) is 35.3 Å². The van der Waals surface area contributed by atoms with Gasteiger partial charge in [-0.2, -0.15) is 5.10 Å². The van der Waals surface area contributed by atoms with E-state index < -0.39 is 0 Å². The molecule has 7 heteroatoms. The van der Waals surface area contributed by atoms with Crippen LogP contribution in [-0.2, 0) is 6.54 Å². The Morgan fingerprint density at radius 3 is 2.48 bits per heavy atom. The molecule has 0 saturated carbocycles. The molecule has 0 spiro atoms. The van der Waals surface area contributed by atoms with Gasteiger partial charge >= 0.3 is 0 Å². The first-order valence-corrected chi connectivity index (χ1v) is 7.71. The summed E-state index contributed by atoms with van der Waals surface area (Å²) in [5, 5.41) is 5.52. The van der Waals surface area contributed by atoms with Gasteiger partial charge < -0.3 is 4.40 Å². The van der Waals surface area contributed by atoms with Gasteiger partial charge in [0.05, 0.1) is 23.0 Å². The lowest BCUT2D eigenvalue weighted by Gasteiger charge is -2.06. The second-order valence-electron chi connectivity index (χ2n) is 5.08. The number of imidazole rings is 1. The van der Waals surface area contributed by atoms with Crippen molar-refractivity contribution >= 4 is 28.8 Å². The fourth-order valence-electron chi connectivity index (χ4n) is 2.53. The van der Waals surface area contributed by atoms with Crippen molar-refractivity contribution in [3.05, 3.63) is 71.0 Å². The molecule has 0 amide bonds. The summed E-state index contributed by atoms with van der Waals surface area (Å²) in [5.74, 6) is 0. The standard InChI is InChI=1S/C16H11Cl2N5/c17-12-3-1-11(2-4-12)16-14(8-22-10-19-9-20-22)23-7-13(18)5-6-15(23)21-16/h1-7,9-10H,8H2. The predicted octanol–water partition coefficient (Wildman–Crippen LogP) is 3.95. The highest BCUT2D eigenvalue weighted by atomic mass is 35.5. The van der Waals surface area contributed by atoms with Crippen molar-refractivity contribution in [2.24, 2.45) is 0 Å². The maximum Gasteiger partial charge on any atom is 0.137 e. The quantitative estimate of drug-likeness (QED) is 0.565. The largest absolute Gasteiger partial charge is 0.300 e. The van der Waals surface area contributed by atoms with Gasteiger partial charge in [-0.25, -0.2) is 14.6 Å². The summed E-state index contributed by atoms with van der Waals surface area (Å²) in [4.78, 5) is 8.73. The Balaban J connectivity index is 1.93. The Labute approximate surface area is 142 Å². The van der Waals surface area contributed by atoms with Crippen LogP contribution < -0.4 is 0 Å². The number of aromatic nitrogens is 5. The minimum atomic E-state index is 0.541. The molecule has 4 aromatic rings. The summed E-state index contributed by atoms with van der Waals surface area (Å²) in [5.41, 5.74) is 3.67. The molecule has 0 atom stereocenters. The minimum Gasteiger partial charge on any atom is -0.300 e. The van der Waals surface area contributed by atoms with E-state index in [9.17, 15) is 0 Å². The molecule has 0 unspecified atom stereocenters. The first kappa shape index (κ1) is 14.2. The third kappa shape index (κ3) is 2.69. The average Bonchev–Trinajstić information content (AvgIpc) is 3.17. The Morgan fingerprint density at radius 1 is 0.957 bits per heavy atom. The number of halogens is 2. The number of fused-ring (bicyclic) bond motifs is 1. The molecule has 0 radical (unpaired) electrons. The third-order valence-corrected chi connectivity index (χ3v) is 4.05. The predicted molar refractivity (Wildman–Crippen MR) is 89.8 cm³/mol. The van der Waals surface area contributed by atoms with E-state index in [4.69, 9.17) is 28.2 Å². The van der Waals surface area contributed by atoms with Crippen molar-refractivity contribution < 1.29 is 0 Å². The molecule has 5 nitrogen and oxygen atoms in total. The molecule has 0 aliphatic rings. The van der Waals surface area contributed by atoms with Crippen LogP contribution in [0.25, 0.3) is 16.9 Å². The van der Waals surface area contributed by atoms with Crippen LogP contribution in [0.3, 0.4) is 0 Å². The molecule has 3 aromatic heterocycles. The number of nitrogens with zero attached hydrogens (tertiary/aromatic N) is 5. The molecule has 114 valence electrons. The summed E-state index contributed by atoms with van der Waals surface area (Å²) in [6.07, 6.45) is 5.04. The zero-order valence-electron chi connectivity index (χ0n) is 11.9. The monoisotopic (exact) mass is 343 g/mol. The Bertz CT molecular complexity index is 958. The molecular formula is C16H11Cl2N5. The van der Waals surface area contributed by atoms with Gasteiger partial charge in [-0.05, 0) is 24.3 Å². The van der Waals surface area contributed by atoms with Crippen LogP contribution in [0.5, 0.6) is 0 Å². The highest BCUT2D eigenvalue weighted by Crippen LogP contribution is 2.27. The highest BCUT2D eigenvalue weighted by molar-refractivity contribution is 6.30. The van der Waals surface area contributed by atoms with E-state index >= 15 is 0 Å².